The van der Waals surface area contributed by atoms with Crippen LogP contribution in [0.1, 0.15) is 16.7 Å². The van der Waals surface area contributed by atoms with Gasteiger partial charge in [0.1, 0.15) is 0 Å². The Morgan fingerprint density at radius 3 is 2.44 bits per heavy atom. The number of aryl methyl sites for hydroxylation is 2. The van der Waals surface area contributed by atoms with E-state index in [2.05, 4.69) is 50.8 Å². The van der Waals surface area contributed by atoms with Crippen molar-refractivity contribution in [3.63, 3.8) is 0 Å². The van der Waals surface area contributed by atoms with E-state index in [-0.39, 0.29) is 0 Å². The number of aromatic nitrogens is 4. The highest BCUT2D eigenvalue weighted by molar-refractivity contribution is 5.48. The van der Waals surface area contributed by atoms with Crippen molar-refractivity contribution >= 4 is 5.95 Å². The van der Waals surface area contributed by atoms with Crippen molar-refractivity contribution in [2.45, 2.75) is 20.4 Å². The van der Waals surface area contributed by atoms with Crippen molar-refractivity contribution in [1.29, 1.82) is 0 Å². The second-order valence-corrected chi connectivity index (χ2v) is 6.99. The number of benzene rings is 1. The first-order valence-corrected chi connectivity index (χ1v) is 9.15. The SMILES string of the molecule is Cc1cc(C)c(CN2CCN(c3ncc(F)cn3)CC2)c(-n2cccn2)c1. The predicted octanol–water partition coefficient (Wildman–Crippen LogP) is 2.74. The fraction of sp³-hybridized carbons (Fsp3) is 0.350. The summed E-state index contributed by atoms with van der Waals surface area (Å²) < 4.78 is 15.0. The number of anilines is 1. The summed E-state index contributed by atoms with van der Waals surface area (Å²) in [6.07, 6.45) is 6.24. The van der Waals surface area contributed by atoms with Crippen LogP contribution in [-0.2, 0) is 6.54 Å². The van der Waals surface area contributed by atoms with E-state index in [1.54, 1.807) is 0 Å². The Bertz CT molecular complexity index is 899. The van der Waals surface area contributed by atoms with E-state index in [4.69, 9.17) is 0 Å². The first-order valence-electron chi connectivity index (χ1n) is 9.15. The number of rotatable bonds is 4. The highest BCUT2D eigenvalue weighted by Crippen LogP contribution is 2.23. The summed E-state index contributed by atoms with van der Waals surface area (Å²) in [7, 11) is 0. The molecule has 0 amide bonds. The van der Waals surface area contributed by atoms with Gasteiger partial charge in [-0.15, -0.1) is 0 Å². The number of halogens is 1. The van der Waals surface area contributed by atoms with Crippen LogP contribution in [0.3, 0.4) is 0 Å². The van der Waals surface area contributed by atoms with Crippen molar-refractivity contribution in [2.24, 2.45) is 0 Å². The van der Waals surface area contributed by atoms with Gasteiger partial charge in [-0.1, -0.05) is 6.07 Å². The van der Waals surface area contributed by atoms with Gasteiger partial charge in [-0.25, -0.2) is 19.0 Å². The molecule has 2 aromatic heterocycles. The van der Waals surface area contributed by atoms with E-state index < -0.39 is 5.82 Å². The third kappa shape index (κ3) is 3.83. The Morgan fingerprint density at radius 1 is 1.04 bits per heavy atom. The van der Waals surface area contributed by atoms with Gasteiger partial charge in [-0.2, -0.15) is 5.10 Å². The second-order valence-electron chi connectivity index (χ2n) is 6.99. The zero-order valence-electron chi connectivity index (χ0n) is 15.6. The van der Waals surface area contributed by atoms with Crippen LogP contribution in [0.15, 0.2) is 43.0 Å². The van der Waals surface area contributed by atoms with Gasteiger partial charge in [0.15, 0.2) is 5.82 Å². The number of hydrogen-bond donors (Lipinski definition) is 0. The molecular weight excluding hydrogens is 343 g/mol. The third-order valence-corrected chi connectivity index (χ3v) is 4.99. The molecule has 0 saturated carbocycles. The third-order valence-electron chi connectivity index (χ3n) is 4.99. The van der Waals surface area contributed by atoms with Crippen molar-refractivity contribution < 1.29 is 4.39 Å². The summed E-state index contributed by atoms with van der Waals surface area (Å²) >= 11 is 0. The van der Waals surface area contributed by atoms with E-state index >= 15 is 0 Å². The van der Waals surface area contributed by atoms with Gasteiger partial charge in [0.25, 0.3) is 0 Å². The number of hydrogen-bond acceptors (Lipinski definition) is 5. The summed E-state index contributed by atoms with van der Waals surface area (Å²) in [5.41, 5.74) is 4.96. The maximum atomic E-state index is 13.0. The van der Waals surface area contributed by atoms with E-state index in [0.717, 1.165) is 38.4 Å². The van der Waals surface area contributed by atoms with Crippen LogP contribution in [-0.4, -0.2) is 50.8 Å². The van der Waals surface area contributed by atoms with Gasteiger partial charge in [-0.05, 0) is 42.7 Å². The summed E-state index contributed by atoms with van der Waals surface area (Å²) in [6, 6.07) is 6.37. The zero-order chi connectivity index (χ0) is 18.8. The Balaban J connectivity index is 1.49. The van der Waals surface area contributed by atoms with Crippen LogP contribution in [0.2, 0.25) is 0 Å². The first-order chi connectivity index (χ1) is 13.1. The van der Waals surface area contributed by atoms with E-state index in [1.807, 2.05) is 23.1 Å². The molecule has 0 atom stereocenters. The molecule has 0 N–H and O–H groups in total. The molecule has 0 unspecified atom stereocenters. The van der Waals surface area contributed by atoms with E-state index in [1.165, 1.54) is 29.1 Å². The minimum atomic E-state index is -0.404. The minimum absolute atomic E-state index is 0.404. The molecule has 3 heterocycles. The molecular formula is C20H23FN6. The van der Waals surface area contributed by atoms with Crippen LogP contribution in [0, 0.1) is 19.7 Å². The molecule has 1 aromatic carbocycles. The fourth-order valence-corrected chi connectivity index (χ4v) is 3.59. The largest absolute Gasteiger partial charge is 0.338 e. The molecule has 27 heavy (non-hydrogen) atoms. The van der Waals surface area contributed by atoms with Crippen LogP contribution < -0.4 is 4.90 Å². The van der Waals surface area contributed by atoms with Crippen LogP contribution in [0.5, 0.6) is 0 Å². The lowest BCUT2D eigenvalue weighted by molar-refractivity contribution is 0.248. The molecule has 1 aliphatic rings. The molecule has 0 radical (unpaired) electrons. The molecule has 1 fully saturated rings. The monoisotopic (exact) mass is 366 g/mol. The van der Waals surface area contributed by atoms with Gasteiger partial charge < -0.3 is 4.90 Å². The van der Waals surface area contributed by atoms with Crippen LogP contribution in [0.25, 0.3) is 5.69 Å². The summed E-state index contributed by atoms with van der Waals surface area (Å²) in [5, 5.41) is 4.42. The van der Waals surface area contributed by atoms with Gasteiger partial charge in [-0.3, -0.25) is 4.90 Å². The van der Waals surface area contributed by atoms with E-state index in [0.29, 0.717) is 5.95 Å². The molecule has 0 bridgehead atoms. The maximum absolute atomic E-state index is 13.0. The molecule has 1 saturated heterocycles. The summed E-state index contributed by atoms with van der Waals surface area (Å²) in [5.74, 6) is 0.193. The highest BCUT2D eigenvalue weighted by Gasteiger charge is 2.21. The first kappa shape index (κ1) is 17.6. The van der Waals surface area contributed by atoms with Crippen LogP contribution >= 0.6 is 0 Å². The maximum Gasteiger partial charge on any atom is 0.225 e. The van der Waals surface area contributed by atoms with Crippen LogP contribution in [0.4, 0.5) is 10.3 Å². The standard InChI is InChI=1S/C20H23FN6/c1-15-10-16(2)18(19(11-15)27-5-3-4-24-27)14-25-6-8-26(9-7-25)20-22-12-17(21)13-23-20/h3-5,10-13H,6-9,14H2,1-2H3. The molecule has 1 aliphatic heterocycles. The van der Waals surface area contributed by atoms with Crippen molar-refractivity contribution in [3.8, 4) is 5.69 Å². The number of nitrogens with zero attached hydrogens (tertiary/aromatic N) is 6. The highest BCUT2D eigenvalue weighted by atomic mass is 19.1. The average Bonchev–Trinajstić information content (AvgIpc) is 3.20. The Morgan fingerprint density at radius 2 is 1.78 bits per heavy atom. The van der Waals surface area contributed by atoms with Gasteiger partial charge in [0.2, 0.25) is 5.95 Å². The second kappa shape index (κ2) is 7.44. The minimum Gasteiger partial charge on any atom is -0.338 e. The lowest BCUT2D eigenvalue weighted by Gasteiger charge is -2.35. The van der Waals surface area contributed by atoms with E-state index in [9.17, 15) is 4.39 Å². The molecule has 140 valence electrons. The van der Waals surface area contributed by atoms with Crippen molar-refractivity contribution in [1.82, 2.24) is 24.6 Å². The quantitative estimate of drug-likeness (QED) is 0.711. The zero-order valence-corrected chi connectivity index (χ0v) is 15.6. The smallest absolute Gasteiger partial charge is 0.225 e. The fourth-order valence-electron chi connectivity index (χ4n) is 3.59. The van der Waals surface area contributed by atoms with Gasteiger partial charge in [0, 0.05) is 45.1 Å². The van der Waals surface area contributed by atoms with Gasteiger partial charge in [0.05, 0.1) is 18.1 Å². The van der Waals surface area contributed by atoms with Gasteiger partial charge >= 0.3 is 0 Å². The molecule has 6 nitrogen and oxygen atoms in total. The number of piperazine rings is 1. The molecule has 0 spiro atoms. The topological polar surface area (TPSA) is 50.1 Å². The molecule has 4 rings (SSSR count). The molecule has 0 aliphatic carbocycles. The lowest BCUT2D eigenvalue weighted by Crippen LogP contribution is -2.46. The molecule has 3 aromatic rings. The van der Waals surface area contributed by atoms with Crippen molar-refractivity contribution in [3.05, 3.63) is 65.5 Å². The predicted molar refractivity (Wildman–Crippen MR) is 103 cm³/mol. The Kier molecular flexibility index (Phi) is 4.85. The Hall–Kier alpha value is -2.80. The molecule has 7 heteroatoms. The summed E-state index contributed by atoms with van der Waals surface area (Å²) in [4.78, 5) is 12.7. The average molecular weight is 366 g/mol. The normalized spacial score (nSPS) is 15.3. The Labute approximate surface area is 158 Å². The lowest BCUT2D eigenvalue weighted by atomic mass is 10.0. The van der Waals surface area contributed by atoms with Crippen molar-refractivity contribution in [2.75, 3.05) is 31.1 Å². The summed E-state index contributed by atoms with van der Waals surface area (Å²) in [6.45, 7) is 8.63.